The van der Waals surface area contributed by atoms with Crippen LogP contribution in [0.25, 0.3) is 0 Å². The van der Waals surface area contributed by atoms with Gasteiger partial charge in [0.05, 0.1) is 27.2 Å². The van der Waals surface area contributed by atoms with Gasteiger partial charge in [0.2, 0.25) is 0 Å². The molecule has 0 spiro atoms. The molecule has 0 saturated heterocycles. The first-order valence-electron chi connectivity index (χ1n) is 12.4. The predicted octanol–water partition coefficient (Wildman–Crippen LogP) is 8.20. The number of benzene rings is 4. The van der Waals surface area contributed by atoms with Crippen LogP contribution in [0.1, 0.15) is 42.2 Å². The second kappa shape index (κ2) is 12.6. The van der Waals surface area contributed by atoms with E-state index >= 15 is 0 Å². The molecule has 1 N–H and O–H groups in total. The molecule has 9 heteroatoms. The van der Waals surface area contributed by atoms with E-state index in [9.17, 15) is 13.2 Å². The van der Waals surface area contributed by atoms with E-state index in [1.54, 1.807) is 35.2 Å². The van der Waals surface area contributed by atoms with E-state index in [4.69, 9.17) is 27.9 Å². The molecule has 0 radical (unpaired) electrons. The van der Waals surface area contributed by atoms with Crippen molar-refractivity contribution in [3.05, 3.63) is 118 Å². The van der Waals surface area contributed by atoms with E-state index in [0.717, 1.165) is 12.0 Å². The van der Waals surface area contributed by atoms with Crippen LogP contribution in [-0.4, -0.2) is 25.8 Å². The Morgan fingerprint density at radius 3 is 2.26 bits per heavy atom. The molecule has 4 aromatic carbocycles. The number of anilines is 1. The zero-order chi connectivity index (χ0) is 28.0. The highest BCUT2D eigenvalue weighted by molar-refractivity contribution is 7.92. The van der Waals surface area contributed by atoms with E-state index in [2.05, 4.69) is 4.72 Å². The van der Waals surface area contributed by atoms with Crippen LogP contribution < -0.4 is 9.46 Å². The molecule has 202 valence electrons. The lowest BCUT2D eigenvalue weighted by atomic mass is 10.0. The summed E-state index contributed by atoms with van der Waals surface area (Å²) in [5.41, 5.74) is 1.28. The van der Waals surface area contributed by atoms with Crippen LogP contribution in [0.15, 0.2) is 102 Å². The molecule has 1 amide bonds. The van der Waals surface area contributed by atoms with Crippen molar-refractivity contribution in [2.45, 2.75) is 31.2 Å². The summed E-state index contributed by atoms with van der Waals surface area (Å²) in [5, 5.41) is 0.765. The molecule has 4 rings (SSSR count). The Hall–Kier alpha value is -3.52. The van der Waals surface area contributed by atoms with Gasteiger partial charge in [0, 0.05) is 11.6 Å². The number of para-hydroxylation sites is 1. The molecule has 0 aliphatic carbocycles. The molecule has 39 heavy (non-hydrogen) atoms. The van der Waals surface area contributed by atoms with E-state index in [1.165, 1.54) is 36.4 Å². The Morgan fingerprint density at radius 1 is 0.923 bits per heavy atom. The molecular formula is C30H28Cl2N2O4S. The lowest BCUT2D eigenvalue weighted by molar-refractivity contribution is 0.0692. The first-order valence-corrected chi connectivity index (χ1v) is 14.6. The molecule has 0 aliphatic heterocycles. The second-order valence-corrected chi connectivity index (χ2v) is 11.4. The second-order valence-electron chi connectivity index (χ2n) is 8.88. The zero-order valence-corrected chi connectivity index (χ0v) is 23.8. The van der Waals surface area contributed by atoms with Gasteiger partial charge in [0.15, 0.2) is 0 Å². The monoisotopic (exact) mass is 582 g/mol. The van der Waals surface area contributed by atoms with E-state index < -0.39 is 10.0 Å². The van der Waals surface area contributed by atoms with Crippen LogP contribution in [0.5, 0.6) is 11.5 Å². The first kappa shape index (κ1) is 28.5. The smallest absolute Gasteiger partial charge is 0.261 e. The van der Waals surface area contributed by atoms with Gasteiger partial charge in [-0.3, -0.25) is 9.52 Å². The summed E-state index contributed by atoms with van der Waals surface area (Å²) in [7, 11) is -4.04. The maximum Gasteiger partial charge on any atom is 0.261 e. The summed E-state index contributed by atoms with van der Waals surface area (Å²) in [6.07, 6.45) is 0.729. The molecule has 0 aliphatic rings. The van der Waals surface area contributed by atoms with Crippen molar-refractivity contribution in [1.29, 1.82) is 0 Å². The van der Waals surface area contributed by atoms with Crippen molar-refractivity contribution in [3.63, 3.8) is 0 Å². The maximum atomic E-state index is 13.8. The van der Waals surface area contributed by atoms with Crippen LogP contribution in [-0.2, 0) is 10.0 Å². The number of carbonyl (C=O) groups excluding carboxylic acids is 1. The molecule has 0 fully saturated rings. The minimum absolute atomic E-state index is 0.00502. The normalized spacial score (nSPS) is 12.0. The van der Waals surface area contributed by atoms with Crippen LogP contribution in [0.4, 0.5) is 5.69 Å². The Balaban J connectivity index is 1.60. The fraction of sp³-hybridized carbons (Fsp3) is 0.167. The Kier molecular flexibility index (Phi) is 9.17. The van der Waals surface area contributed by atoms with Crippen molar-refractivity contribution in [2.24, 2.45) is 0 Å². The SMILES string of the molecule is CCCN(C(=O)c1cc(Cl)ccc1NS(=O)(=O)c1ccc(Oc2ccccc2Cl)cc1)[C@@H](C)c1ccccc1. The first-order chi connectivity index (χ1) is 18.7. The van der Waals surface area contributed by atoms with Gasteiger partial charge < -0.3 is 9.64 Å². The van der Waals surface area contributed by atoms with Crippen molar-refractivity contribution < 1.29 is 17.9 Å². The van der Waals surface area contributed by atoms with Crippen LogP contribution >= 0.6 is 23.2 Å². The molecule has 0 aromatic heterocycles. The van der Waals surface area contributed by atoms with Gasteiger partial charge >= 0.3 is 0 Å². The van der Waals surface area contributed by atoms with Crippen molar-refractivity contribution in [1.82, 2.24) is 4.90 Å². The number of ether oxygens (including phenoxy) is 1. The van der Waals surface area contributed by atoms with Gasteiger partial charge in [0.25, 0.3) is 15.9 Å². The van der Waals surface area contributed by atoms with Gasteiger partial charge in [-0.2, -0.15) is 0 Å². The fourth-order valence-electron chi connectivity index (χ4n) is 4.11. The molecule has 6 nitrogen and oxygen atoms in total. The number of hydrogen-bond acceptors (Lipinski definition) is 4. The standard InChI is InChI=1S/C30H28Cl2N2O4S/c1-3-19-34(21(2)22-9-5-4-6-10-22)30(35)26-20-23(31)13-18-28(26)33-39(36,37)25-16-14-24(15-17-25)38-29-12-8-7-11-27(29)32/h4-18,20-21,33H,3,19H2,1-2H3/t21-/m0/s1. The van der Waals surface area contributed by atoms with Crippen molar-refractivity contribution >= 4 is 44.8 Å². The highest BCUT2D eigenvalue weighted by atomic mass is 35.5. The zero-order valence-electron chi connectivity index (χ0n) is 21.5. The van der Waals surface area contributed by atoms with Crippen LogP contribution in [0.2, 0.25) is 10.0 Å². The largest absolute Gasteiger partial charge is 0.456 e. The highest BCUT2D eigenvalue weighted by Crippen LogP contribution is 2.31. The molecule has 1 atom stereocenters. The molecule has 0 heterocycles. The maximum absolute atomic E-state index is 13.8. The quantitative estimate of drug-likeness (QED) is 0.204. The van der Waals surface area contributed by atoms with Crippen molar-refractivity contribution in [2.75, 3.05) is 11.3 Å². The summed E-state index contributed by atoms with van der Waals surface area (Å²) in [5.74, 6) is 0.560. The third-order valence-electron chi connectivity index (χ3n) is 6.13. The van der Waals surface area contributed by atoms with Crippen LogP contribution in [0.3, 0.4) is 0 Å². The number of nitrogens with zero attached hydrogens (tertiary/aromatic N) is 1. The molecule has 4 aromatic rings. The molecule has 0 unspecified atom stereocenters. The van der Waals surface area contributed by atoms with Gasteiger partial charge in [0.1, 0.15) is 11.5 Å². The molecular weight excluding hydrogens is 555 g/mol. The number of carbonyl (C=O) groups is 1. The number of sulfonamides is 1. The van der Waals surface area contributed by atoms with Gasteiger partial charge in [-0.15, -0.1) is 0 Å². The average Bonchev–Trinajstić information content (AvgIpc) is 2.94. The third-order valence-corrected chi connectivity index (χ3v) is 8.06. The van der Waals surface area contributed by atoms with Gasteiger partial charge in [-0.05, 0) is 73.5 Å². The van der Waals surface area contributed by atoms with E-state index in [-0.39, 0.29) is 28.1 Å². The summed E-state index contributed by atoms with van der Waals surface area (Å²) in [4.78, 5) is 15.5. The molecule has 0 bridgehead atoms. The number of amides is 1. The fourth-order valence-corrected chi connectivity index (χ4v) is 5.53. The molecule has 0 saturated carbocycles. The topological polar surface area (TPSA) is 75.7 Å². The van der Waals surface area contributed by atoms with Crippen molar-refractivity contribution in [3.8, 4) is 11.5 Å². The summed E-state index contributed by atoms with van der Waals surface area (Å²) >= 11 is 12.4. The lowest BCUT2D eigenvalue weighted by Crippen LogP contribution is -2.35. The van der Waals surface area contributed by atoms with E-state index in [1.807, 2.05) is 44.2 Å². The Morgan fingerprint density at radius 2 is 1.59 bits per heavy atom. The number of hydrogen-bond donors (Lipinski definition) is 1. The number of halogens is 2. The van der Waals surface area contributed by atoms with Gasteiger partial charge in [-0.1, -0.05) is 72.6 Å². The third kappa shape index (κ3) is 6.92. The Labute approximate surface area is 239 Å². The Bertz CT molecular complexity index is 1550. The number of nitrogens with one attached hydrogen (secondary N) is 1. The summed E-state index contributed by atoms with van der Waals surface area (Å²) in [6, 6.07) is 26.9. The lowest BCUT2D eigenvalue weighted by Gasteiger charge is -2.30. The minimum Gasteiger partial charge on any atom is -0.456 e. The summed E-state index contributed by atoms with van der Waals surface area (Å²) < 4.78 is 34.9. The highest BCUT2D eigenvalue weighted by Gasteiger charge is 2.26. The summed E-state index contributed by atoms with van der Waals surface area (Å²) in [6.45, 7) is 4.42. The van der Waals surface area contributed by atoms with Gasteiger partial charge in [-0.25, -0.2) is 8.42 Å². The number of rotatable bonds is 10. The predicted molar refractivity (Wildman–Crippen MR) is 156 cm³/mol. The minimum atomic E-state index is -4.04. The average molecular weight is 584 g/mol. The van der Waals surface area contributed by atoms with E-state index in [0.29, 0.717) is 28.1 Å². The van der Waals surface area contributed by atoms with Crippen LogP contribution in [0, 0.1) is 0 Å².